The van der Waals surface area contributed by atoms with E-state index >= 15 is 0 Å². The van der Waals surface area contributed by atoms with Gasteiger partial charge >= 0.3 is 5.97 Å². The van der Waals surface area contributed by atoms with Crippen molar-refractivity contribution in [2.75, 3.05) is 6.54 Å². The van der Waals surface area contributed by atoms with E-state index in [0.717, 1.165) is 0 Å². The monoisotopic (exact) mass is 637 g/mol. The molecule has 3 aromatic rings. The molecule has 16 heteroatoms. The number of rotatable bonds is 17. The lowest BCUT2D eigenvalue weighted by Crippen LogP contribution is -2.58. The zero-order valence-corrected chi connectivity index (χ0v) is 24.9. The predicted molar refractivity (Wildman–Crippen MR) is 167 cm³/mol. The number of nitrogens with one attached hydrogen (secondary N) is 4. The maximum Gasteiger partial charge on any atom is 0.326 e. The summed E-state index contributed by atoms with van der Waals surface area (Å²) in [5, 5.41) is 36.6. The standard InChI is InChI=1S/C30H39N9O7/c31-22(12-17-3-7-20(40)8-4-17)26(42)38-24(14-19-15-34-16-36-19)28(44)37-23(2-1-11-35-30(32)33)27(43)39-25(29(45)46)13-18-5-9-21(41)10-6-18/h3-10,15-16,22-25,40-41H,1-2,11-14,31H2,(H,34,36)(H,37,44)(H,38,42)(H,39,43)(H,45,46)(H4,32,33,35). The maximum absolute atomic E-state index is 13.6. The molecule has 3 rings (SSSR count). The highest BCUT2D eigenvalue weighted by atomic mass is 16.4. The molecule has 0 saturated carbocycles. The van der Waals surface area contributed by atoms with Gasteiger partial charge in [-0.1, -0.05) is 24.3 Å². The van der Waals surface area contributed by atoms with Crippen LogP contribution >= 0.6 is 0 Å². The number of carbonyl (C=O) groups excluding carboxylic acids is 3. The Balaban J connectivity index is 1.76. The van der Waals surface area contributed by atoms with Gasteiger partial charge in [0.05, 0.1) is 12.4 Å². The fraction of sp³-hybridized carbons (Fsp3) is 0.333. The third kappa shape index (κ3) is 11.5. The number of imidazole rings is 1. The van der Waals surface area contributed by atoms with Crippen LogP contribution in [0.1, 0.15) is 29.7 Å². The van der Waals surface area contributed by atoms with Gasteiger partial charge in [0.1, 0.15) is 29.6 Å². The van der Waals surface area contributed by atoms with E-state index in [1.54, 1.807) is 12.1 Å². The number of phenolic OH excluding ortho intramolecular Hbond substituents is 2. The van der Waals surface area contributed by atoms with Crippen molar-refractivity contribution >= 4 is 29.7 Å². The molecular weight excluding hydrogens is 598 g/mol. The van der Waals surface area contributed by atoms with E-state index in [1.165, 1.54) is 48.9 Å². The Morgan fingerprint density at radius 1 is 0.783 bits per heavy atom. The fourth-order valence-corrected chi connectivity index (χ4v) is 4.47. The van der Waals surface area contributed by atoms with Gasteiger partial charge in [-0.15, -0.1) is 0 Å². The highest BCUT2D eigenvalue weighted by molar-refractivity contribution is 5.94. The van der Waals surface area contributed by atoms with E-state index in [1.807, 2.05) is 0 Å². The molecule has 0 fully saturated rings. The molecule has 1 heterocycles. The number of guanidine groups is 1. The first-order valence-electron chi connectivity index (χ1n) is 14.4. The number of hydrogen-bond donors (Lipinski definition) is 10. The number of aromatic nitrogens is 2. The normalized spacial score (nSPS) is 13.4. The van der Waals surface area contributed by atoms with Crippen LogP contribution in [0, 0.1) is 0 Å². The second kappa shape index (κ2) is 17.0. The molecule has 13 N–H and O–H groups in total. The summed E-state index contributed by atoms with van der Waals surface area (Å²) < 4.78 is 0. The second-order valence-corrected chi connectivity index (χ2v) is 10.6. The smallest absolute Gasteiger partial charge is 0.326 e. The van der Waals surface area contributed by atoms with Gasteiger partial charge in [0.25, 0.3) is 0 Å². The van der Waals surface area contributed by atoms with Crippen molar-refractivity contribution in [3.8, 4) is 11.5 Å². The number of aromatic hydroxyl groups is 2. The Labute approximate surface area is 264 Å². The number of benzene rings is 2. The van der Waals surface area contributed by atoms with Crippen LogP contribution in [0.3, 0.4) is 0 Å². The summed E-state index contributed by atoms with van der Waals surface area (Å²) in [5.41, 5.74) is 18.7. The number of hydrogen-bond acceptors (Lipinski definition) is 9. The second-order valence-electron chi connectivity index (χ2n) is 10.6. The molecule has 0 aliphatic rings. The van der Waals surface area contributed by atoms with Gasteiger partial charge in [0.15, 0.2) is 5.96 Å². The summed E-state index contributed by atoms with van der Waals surface area (Å²) >= 11 is 0. The Bertz CT molecular complexity index is 1480. The Kier molecular flexibility index (Phi) is 12.9. The van der Waals surface area contributed by atoms with Crippen LogP contribution in [-0.2, 0) is 38.4 Å². The lowest BCUT2D eigenvalue weighted by Gasteiger charge is -2.25. The number of nitrogens with two attached hydrogens (primary N) is 3. The van der Waals surface area contributed by atoms with E-state index < -0.39 is 47.9 Å². The largest absolute Gasteiger partial charge is 0.508 e. The first kappa shape index (κ1) is 34.8. The molecule has 1 aromatic heterocycles. The summed E-state index contributed by atoms with van der Waals surface area (Å²) in [6.45, 7) is 0.137. The molecule has 0 aliphatic carbocycles. The molecule has 46 heavy (non-hydrogen) atoms. The number of H-pyrrole nitrogens is 1. The van der Waals surface area contributed by atoms with Gasteiger partial charge < -0.3 is 53.5 Å². The molecule has 0 saturated heterocycles. The summed E-state index contributed by atoms with van der Waals surface area (Å²) in [5.74, 6) is -3.55. The van der Waals surface area contributed by atoms with Gasteiger partial charge in [-0.25, -0.2) is 9.78 Å². The van der Waals surface area contributed by atoms with Crippen molar-refractivity contribution in [3.05, 3.63) is 77.9 Å². The van der Waals surface area contributed by atoms with Gasteiger partial charge in [-0.3, -0.25) is 19.4 Å². The van der Waals surface area contributed by atoms with Crippen LogP contribution in [0.15, 0.2) is 66.0 Å². The van der Waals surface area contributed by atoms with Crippen LogP contribution in [-0.4, -0.2) is 85.7 Å². The quantitative estimate of drug-likeness (QED) is 0.0475. The third-order valence-electron chi connectivity index (χ3n) is 6.91. The molecule has 3 amide bonds. The highest BCUT2D eigenvalue weighted by Gasteiger charge is 2.31. The van der Waals surface area contributed by atoms with Crippen molar-refractivity contribution in [1.82, 2.24) is 25.9 Å². The van der Waals surface area contributed by atoms with E-state index in [9.17, 15) is 34.5 Å². The van der Waals surface area contributed by atoms with Crippen molar-refractivity contribution < 1.29 is 34.5 Å². The zero-order chi connectivity index (χ0) is 33.6. The summed E-state index contributed by atoms with van der Waals surface area (Å²) in [6, 6.07) is 7.20. The number of carbonyl (C=O) groups is 4. The minimum Gasteiger partial charge on any atom is -0.508 e. The molecular formula is C30H39N9O7. The van der Waals surface area contributed by atoms with Gasteiger partial charge in [0, 0.05) is 31.3 Å². The highest BCUT2D eigenvalue weighted by Crippen LogP contribution is 2.13. The number of aromatic amines is 1. The summed E-state index contributed by atoms with van der Waals surface area (Å²) in [4.78, 5) is 62.8. The number of aliphatic imine (C=N–C) groups is 1. The Morgan fingerprint density at radius 3 is 1.87 bits per heavy atom. The number of carboxylic acids is 1. The van der Waals surface area contributed by atoms with Crippen LogP contribution in [0.2, 0.25) is 0 Å². The van der Waals surface area contributed by atoms with Crippen molar-refractivity contribution in [3.63, 3.8) is 0 Å². The van der Waals surface area contributed by atoms with Crippen LogP contribution in [0.25, 0.3) is 0 Å². The Hall–Kier alpha value is -5.64. The van der Waals surface area contributed by atoms with Crippen LogP contribution < -0.4 is 33.2 Å². The van der Waals surface area contributed by atoms with Crippen LogP contribution in [0.4, 0.5) is 0 Å². The molecule has 0 spiro atoms. The van der Waals surface area contributed by atoms with Crippen molar-refractivity contribution in [1.29, 1.82) is 0 Å². The Morgan fingerprint density at radius 2 is 1.33 bits per heavy atom. The molecule has 0 aliphatic heterocycles. The summed E-state index contributed by atoms with van der Waals surface area (Å²) in [7, 11) is 0. The zero-order valence-electron chi connectivity index (χ0n) is 24.9. The third-order valence-corrected chi connectivity index (χ3v) is 6.91. The van der Waals surface area contributed by atoms with Crippen molar-refractivity contribution in [2.45, 2.75) is 56.3 Å². The number of amides is 3. The number of carboxylic acid groups (broad SMARTS) is 1. The first-order valence-corrected chi connectivity index (χ1v) is 14.4. The number of phenols is 2. The molecule has 0 bridgehead atoms. The topological polar surface area (TPSA) is 284 Å². The SMILES string of the molecule is NC(N)=NCCCC(NC(=O)C(Cc1cnc[nH]1)NC(=O)C(N)Cc1ccc(O)cc1)C(=O)NC(Cc1ccc(O)cc1)C(=O)O. The van der Waals surface area contributed by atoms with Gasteiger partial charge in [-0.05, 0) is 54.7 Å². The molecule has 16 nitrogen and oxygen atoms in total. The van der Waals surface area contributed by atoms with E-state index in [4.69, 9.17) is 17.2 Å². The van der Waals surface area contributed by atoms with Crippen molar-refractivity contribution in [2.24, 2.45) is 22.2 Å². The molecule has 4 unspecified atom stereocenters. The molecule has 2 aromatic carbocycles. The van der Waals surface area contributed by atoms with E-state index in [-0.39, 0.29) is 56.1 Å². The average molecular weight is 638 g/mol. The molecule has 4 atom stereocenters. The average Bonchev–Trinajstić information content (AvgIpc) is 3.53. The molecule has 0 radical (unpaired) electrons. The fourth-order valence-electron chi connectivity index (χ4n) is 4.47. The predicted octanol–water partition coefficient (Wildman–Crippen LogP) is -1.23. The minimum absolute atomic E-state index is 0.00120. The summed E-state index contributed by atoms with van der Waals surface area (Å²) in [6.07, 6.45) is 3.17. The number of nitrogens with zero attached hydrogens (tertiary/aromatic N) is 2. The first-order chi connectivity index (χ1) is 21.9. The van der Waals surface area contributed by atoms with E-state index in [2.05, 4.69) is 30.9 Å². The molecule has 246 valence electrons. The lowest BCUT2D eigenvalue weighted by atomic mass is 10.0. The lowest BCUT2D eigenvalue weighted by molar-refractivity contribution is -0.142. The van der Waals surface area contributed by atoms with E-state index in [0.29, 0.717) is 16.8 Å². The van der Waals surface area contributed by atoms with Gasteiger partial charge in [-0.2, -0.15) is 0 Å². The van der Waals surface area contributed by atoms with Gasteiger partial charge in [0.2, 0.25) is 17.7 Å². The van der Waals surface area contributed by atoms with Crippen LogP contribution in [0.5, 0.6) is 11.5 Å². The maximum atomic E-state index is 13.6. The minimum atomic E-state index is -1.35. The number of aliphatic carboxylic acids is 1.